The average molecular weight is 242 g/mol. The number of rotatable bonds is 8. The number of aliphatic carboxylic acids is 1. The summed E-state index contributed by atoms with van der Waals surface area (Å²) in [6.07, 6.45) is 3.98. The van der Waals surface area contributed by atoms with Crippen LogP contribution in [0.25, 0.3) is 0 Å². The monoisotopic (exact) mass is 242 g/mol. The Morgan fingerprint density at radius 3 is 2.76 bits per heavy atom. The molecule has 1 aliphatic rings. The maximum absolute atomic E-state index is 11.3. The molecule has 5 heteroatoms. The first-order valence-corrected chi connectivity index (χ1v) is 6.38. The van der Waals surface area contributed by atoms with Gasteiger partial charge in [-0.25, -0.2) is 4.79 Å². The van der Waals surface area contributed by atoms with Gasteiger partial charge < -0.3 is 15.3 Å². The normalized spacial score (nSPS) is 17.0. The van der Waals surface area contributed by atoms with Crippen LogP contribution in [-0.4, -0.2) is 41.6 Å². The molecule has 1 atom stereocenters. The molecule has 0 aromatic rings. The molecule has 2 amide bonds. The molecular formula is C12H22N2O3. The molecule has 0 spiro atoms. The fraction of sp³-hybridized carbons (Fsp3) is 0.833. The molecule has 1 heterocycles. The Morgan fingerprint density at radius 2 is 2.24 bits per heavy atom. The van der Waals surface area contributed by atoms with Gasteiger partial charge >= 0.3 is 12.0 Å². The number of nitrogens with zero attached hydrogens (tertiary/aromatic N) is 1. The Kier molecular flexibility index (Phi) is 5.80. The van der Waals surface area contributed by atoms with Crippen molar-refractivity contribution in [2.45, 2.75) is 39.0 Å². The van der Waals surface area contributed by atoms with Gasteiger partial charge in [-0.05, 0) is 18.8 Å². The lowest BCUT2D eigenvalue weighted by molar-refractivity contribution is -0.137. The smallest absolute Gasteiger partial charge is 0.317 e. The van der Waals surface area contributed by atoms with Gasteiger partial charge in [0.2, 0.25) is 0 Å². The second kappa shape index (κ2) is 7.14. The van der Waals surface area contributed by atoms with Crippen LogP contribution in [0.15, 0.2) is 0 Å². The van der Waals surface area contributed by atoms with Gasteiger partial charge in [0.15, 0.2) is 0 Å². The summed E-state index contributed by atoms with van der Waals surface area (Å²) in [4.78, 5) is 23.7. The van der Waals surface area contributed by atoms with Gasteiger partial charge in [-0.15, -0.1) is 0 Å². The third-order valence-corrected chi connectivity index (χ3v) is 3.22. The van der Waals surface area contributed by atoms with Gasteiger partial charge in [-0.3, -0.25) is 4.79 Å². The van der Waals surface area contributed by atoms with Crippen LogP contribution in [-0.2, 0) is 4.79 Å². The molecule has 0 aliphatic carbocycles. The molecule has 98 valence electrons. The molecule has 5 nitrogen and oxygen atoms in total. The van der Waals surface area contributed by atoms with E-state index in [0.29, 0.717) is 5.92 Å². The Morgan fingerprint density at radius 1 is 1.47 bits per heavy atom. The minimum atomic E-state index is -0.731. The number of nitrogens with one attached hydrogen (secondary N) is 1. The fourth-order valence-corrected chi connectivity index (χ4v) is 2.23. The molecule has 0 aromatic heterocycles. The molecule has 0 bridgehead atoms. The highest BCUT2D eigenvalue weighted by molar-refractivity contribution is 5.76. The third-order valence-electron chi connectivity index (χ3n) is 3.22. The molecule has 0 radical (unpaired) electrons. The van der Waals surface area contributed by atoms with Crippen LogP contribution in [0, 0.1) is 5.92 Å². The Bertz CT molecular complexity index is 268. The quantitative estimate of drug-likeness (QED) is 0.680. The predicted octanol–water partition coefficient (Wildman–Crippen LogP) is 1.68. The lowest BCUT2D eigenvalue weighted by atomic mass is 9.94. The minimum Gasteiger partial charge on any atom is -0.481 e. The maximum atomic E-state index is 11.3. The van der Waals surface area contributed by atoms with Crippen LogP contribution in [0.4, 0.5) is 4.79 Å². The molecule has 0 saturated carbocycles. The second-order valence-electron chi connectivity index (χ2n) is 4.59. The summed E-state index contributed by atoms with van der Waals surface area (Å²) >= 11 is 0. The average Bonchev–Trinajstić information content (AvgIpc) is 2.68. The summed E-state index contributed by atoms with van der Waals surface area (Å²) in [6.45, 7) is 4.36. The second-order valence-corrected chi connectivity index (χ2v) is 4.59. The first kappa shape index (κ1) is 13.8. The lowest BCUT2D eigenvalue weighted by Gasteiger charge is -2.19. The van der Waals surface area contributed by atoms with E-state index in [1.807, 2.05) is 4.90 Å². The lowest BCUT2D eigenvalue weighted by Crippen LogP contribution is -2.30. The van der Waals surface area contributed by atoms with E-state index in [1.54, 1.807) is 0 Å². The van der Waals surface area contributed by atoms with E-state index < -0.39 is 5.97 Å². The number of carbonyl (C=O) groups excluding carboxylic acids is 1. The van der Waals surface area contributed by atoms with E-state index in [9.17, 15) is 9.59 Å². The zero-order chi connectivity index (χ0) is 12.7. The molecule has 17 heavy (non-hydrogen) atoms. The number of hydrogen-bond acceptors (Lipinski definition) is 2. The Labute approximate surface area is 102 Å². The zero-order valence-corrected chi connectivity index (χ0v) is 10.4. The molecular weight excluding hydrogens is 220 g/mol. The SMILES string of the molecule is CCCC(CCC(=O)O)CCN1CCNC1=O. The van der Waals surface area contributed by atoms with Gasteiger partial charge in [0.25, 0.3) is 0 Å². The largest absolute Gasteiger partial charge is 0.481 e. The molecule has 1 fully saturated rings. The Hall–Kier alpha value is -1.26. The van der Waals surface area contributed by atoms with Gasteiger partial charge in [-0.2, -0.15) is 0 Å². The van der Waals surface area contributed by atoms with Crippen molar-refractivity contribution in [2.75, 3.05) is 19.6 Å². The van der Waals surface area contributed by atoms with Crippen molar-refractivity contribution in [1.29, 1.82) is 0 Å². The number of carboxylic acid groups (broad SMARTS) is 1. The van der Waals surface area contributed by atoms with Crippen LogP contribution < -0.4 is 5.32 Å². The van der Waals surface area contributed by atoms with E-state index in [2.05, 4.69) is 12.2 Å². The van der Waals surface area contributed by atoms with Crippen molar-refractivity contribution < 1.29 is 14.7 Å². The highest BCUT2D eigenvalue weighted by Crippen LogP contribution is 2.18. The number of carboxylic acids is 1. The fourth-order valence-electron chi connectivity index (χ4n) is 2.23. The number of hydrogen-bond donors (Lipinski definition) is 2. The van der Waals surface area contributed by atoms with Gasteiger partial charge in [0.05, 0.1) is 0 Å². The van der Waals surface area contributed by atoms with E-state index in [0.717, 1.165) is 45.3 Å². The highest BCUT2D eigenvalue weighted by atomic mass is 16.4. The molecule has 0 aromatic carbocycles. The van der Waals surface area contributed by atoms with Crippen LogP contribution in [0.1, 0.15) is 39.0 Å². The zero-order valence-electron chi connectivity index (χ0n) is 10.4. The standard InChI is InChI=1S/C12H22N2O3/c1-2-3-10(4-5-11(15)16)6-8-14-9-7-13-12(14)17/h10H,2-9H2,1H3,(H,13,17)(H,15,16). The first-order valence-electron chi connectivity index (χ1n) is 6.38. The van der Waals surface area contributed by atoms with Crippen LogP contribution in [0.3, 0.4) is 0 Å². The van der Waals surface area contributed by atoms with Crippen LogP contribution in [0.2, 0.25) is 0 Å². The number of amides is 2. The molecule has 1 aliphatic heterocycles. The van der Waals surface area contributed by atoms with E-state index in [4.69, 9.17) is 5.11 Å². The molecule has 1 rings (SSSR count). The van der Waals surface area contributed by atoms with Crippen molar-refractivity contribution in [1.82, 2.24) is 10.2 Å². The molecule has 1 unspecified atom stereocenters. The molecule has 2 N–H and O–H groups in total. The Balaban J connectivity index is 2.27. The van der Waals surface area contributed by atoms with Crippen molar-refractivity contribution in [3.8, 4) is 0 Å². The van der Waals surface area contributed by atoms with E-state index in [-0.39, 0.29) is 12.5 Å². The number of urea groups is 1. The third kappa shape index (κ3) is 5.06. The van der Waals surface area contributed by atoms with Gasteiger partial charge in [-0.1, -0.05) is 19.8 Å². The van der Waals surface area contributed by atoms with Crippen molar-refractivity contribution in [3.63, 3.8) is 0 Å². The predicted molar refractivity (Wildman–Crippen MR) is 64.9 cm³/mol. The maximum Gasteiger partial charge on any atom is 0.317 e. The summed E-state index contributed by atoms with van der Waals surface area (Å²) in [5.74, 6) is -0.311. The highest BCUT2D eigenvalue weighted by Gasteiger charge is 2.20. The van der Waals surface area contributed by atoms with Crippen LogP contribution in [0.5, 0.6) is 0 Å². The van der Waals surface area contributed by atoms with E-state index in [1.165, 1.54) is 0 Å². The molecule has 1 saturated heterocycles. The summed E-state index contributed by atoms with van der Waals surface area (Å²) in [6, 6.07) is 0.0125. The summed E-state index contributed by atoms with van der Waals surface area (Å²) in [5, 5.41) is 11.4. The van der Waals surface area contributed by atoms with Gasteiger partial charge in [0, 0.05) is 26.1 Å². The summed E-state index contributed by atoms with van der Waals surface area (Å²) in [5.41, 5.74) is 0. The minimum absolute atomic E-state index is 0.0125. The summed E-state index contributed by atoms with van der Waals surface area (Å²) < 4.78 is 0. The van der Waals surface area contributed by atoms with Crippen molar-refractivity contribution in [3.05, 3.63) is 0 Å². The van der Waals surface area contributed by atoms with Gasteiger partial charge in [0.1, 0.15) is 0 Å². The van der Waals surface area contributed by atoms with E-state index >= 15 is 0 Å². The topological polar surface area (TPSA) is 69.6 Å². The van der Waals surface area contributed by atoms with Crippen LogP contribution >= 0.6 is 0 Å². The first-order chi connectivity index (χ1) is 8.13. The van der Waals surface area contributed by atoms with Crippen molar-refractivity contribution in [2.24, 2.45) is 5.92 Å². The van der Waals surface area contributed by atoms with Crippen molar-refractivity contribution >= 4 is 12.0 Å². The number of carbonyl (C=O) groups is 2. The summed E-state index contributed by atoms with van der Waals surface area (Å²) in [7, 11) is 0.